The van der Waals surface area contributed by atoms with E-state index in [0.29, 0.717) is 0 Å². The molecule has 0 radical (unpaired) electrons. The van der Waals surface area contributed by atoms with Gasteiger partial charge < -0.3 is 10.3 Å². The predicted octanol–water partition coefficient (Wildman–Crippen LogP) is 2.63. The lowest BCUT2D eigenvalue weighted by molar-refractivity contribution is 0.582. The Morgan fingerprint density at radius 2 is 2.31 bits per heavy atom. The Morgan fingerprint density at radius 3 is 3.12 bits per heavy atom. The van der Waals surface area contributed by atoms with Crippen molar-refractivity contribution in [3.63, 3.8) is 0 Å². The number of aryl methyl sites for hydroxylation is 1. The quantitative estimate of drug-likeness (QED) is 0.790. The molecule has 0 bridgehead atoms. The summed E-state index contributed by atoms with van der Waals surface area (Å²) in [4.78, 5) is 3.38. The highest BCUT2D eigenvalue weighted by molar-refractivity contribution is 5.83. The fraction of sp³-hybridized carbons (Fsp3) is 0.429. The number of aromatic nitrogens is 1. The molecule has 2 heterocycles. The molecule has 3 rings (SSSR count). The number of hydrogen-bond donors (Lipinski definition) is 2. The molecule has 0 saturated carbocycles. The second kappa shape index (κ2) is 3.95. The lowest BCUT2D eigenvalue weighted by Gasteiger charge is -2.06. The normalized spacial score (nSPS) is 20.7. The minimum absolute atomic E-state index is 0.820. The minimum Gasteiger partial charge on any atom is -0.361 e. The molecule has 1 aliphatic rings. The molecule has 1 aromatic heterocycles. The minimum atomic E-state index is 0.820. The molecule has 0 amide bonds. The molecule has 2 aromatic rings. The summed E-state index contributed by atoms with van der Waals surface area (Å²) in [5.41, 5.74) is 4.08. The molecule has 2 nitrogen and oxygen atoms in total. The molecule has 1 unspecified atom stereocenters. The van der Waals surface area contributed by atoms with Crippen LogP contribution in [0.1, 0.15) is 17.5 Å². The zero-order valence-electron chi connectivity index (χ0n) is 9.72. The standard InChI is InChI=1S/C14H18N2/c1-10-2-3-13-12(9-16-14(13)6-10)7-11-4-5-15-8-11/h2-3,6,9,11,15-16H,4-5,7-8H2,1H3. The Morgan fingerprint density at radius 1 is 1.38 bits per heavy atom. The van der Waals surface area contributed by atoms with E-state index in [0.717, 1.165) is 5.92 Å². The number of benzene rings is 1. The Hall–Kier alpha value is -1.28. The van der Waals surface area contributed by atoms with Gasteiger partial charge >= 0.3 is 0 Å². The fourth-order valence-electron chi connectivity index (χ4n) is 2.67. The summed E-state index contributed by atoms with van der Waals surface area (Å²) >= 11 is 0. The summed E-state index contributed by atoms with van der Waals surface area (Å²) < 4.78 is 0. The van der Waals surface area contributed by atoms with Crippen molar-refractivity contribution in [1.82, 2.24) is 10.3 Å². The van der Waals surface area contributed by atoms with Crippen molar-refractivity contribution in [2.75, 3.05) is 13.1 Å². The summed E-state index contributed by atoms with van der Waals surface area (Å²) in [7, 11) is 0. The molecule has 84 valence electrons. The van der Waals surface area contributed by atoms with Crippen LogP contribution >= 0.6 is 0 Å². The van der Waals surface area contributed by atoms with Crippen molar-refractivity contribution in [3.8, 4) is 0 Å². The summed E-state index contributed by atoms with van der Waals surface area (Å²) in [5, 5.41) is 4.83. The highest BCUT2D eigenvalue weighted by atomic mass is 14.9. The zero-order valence-corrected chi connectivity index (χ0v) is 9.72. The molecule has 16 heavy (non-hydrogen) atoms. The van der Waals surface area contributed by atoms with Crippen LogP contribution in [0, 0.1) is 12.8 Å². The lowest BCUT2D eigenvalue weighted by atomic mass is 9.98. The van der Waals surface area contributed by atoms with Gasteiger partial charge in [0.25, 0.3) is 0 Å². The largest absolute Gasteiger partial charge is 0.361 e. The van der Waals surface area contributed by atoms with E-state index in [-0.39, 0.29) is 0 Å². The van der Waals surface area contributed by atoms with E-state index >= 15 is 0 Å². The first-order valence-electron chi connectivity index (χ1n) is 6.10. The maximum Gasteiger partial charge on any atom is 0.0459 e. The Balaban J connectivity index is 1.91. The van der Waals surface area contributed by atoms with Gasteiger partial charge in [0.1, 0.15) is 0 Å². The van der Waals surface area contributed by atoms with E-state index in [9.17, 15) is 0 Å². The van der Waals surface area contributed by atoms with Crippen LogP contribution in [0.15, 0.2) is 24.4 Å². The van der Waals surface area contributed by atoms with Crippen LogP contribution in [-0.4, -0.2) is 18.1 Å². The second-order valence-corrected chi connectivity index (χ2v) is 4.93. The van der Waals surface area contributed by atoms with Gasteiger partial charge in [-0.15, -0.1) is 0 Å². The van der Waals surface area contributed by atoms with Crippen molar-refractivity contribution in [2.45, 2.75) is 19.8 Å². The predicted molar refractivity (Wildman–Crippen MR) is 67.7 cm³/mol. The first-order valence-corrected chi connectivity index (χ1v) is 6.10. The van der Waals surface area contributed by atoms with Crippen molar-refractivity contribution in [1.29, 1.82) is 0 Å². The molecule has 1 atom stereocenters. The first kappa shape index (κ1) is 9.91. The van der Waals surface area contributed by atoms with E-state index in [1.807, 2.05) is 0 Å². The second-order valence-electron chi connectivity index (χ2n) is 4.93. The Bertz CT molecular complexity index is 492. The van der Waals surface area contributed by atoms with Gasteiger partial charge in [-0.1, -0.05) is 12.1 Å². The molecule has 1 saturated heterocycles. The maximum absolute atomic E-state index is 3.43. The van der Waals surface area contributed by atoms with Gasteiger partial charge in [0.05, 0.1) is 0 Å². The summed E-state index contributed by atoms with van der Waals surface area (Å²) in [6.07, 6.45) is 4.71. The molecule has 2 heteroatoms. The summed E-state index contributed by atoms with van der Waals surface area (Å²) in [6, 6.07) is 6.68. The molecular formula is C14H18N2. The number of fused-ring (bicyclic) bond motifs is 1. The van der Waals surface area contributed by atoms with Crippen molar-refractivity contribution < 1.29 is 0 Å². The number of rotatable bonds is 2. The third-order valence-electron chi connectivity index (χ3n) is 3.59. The van der Waals surface area contributed by atoms with Crippen LogP contribution in [-0.2, 0) is 6.42 Å². The third-order valence-corrected chi connectivity index (χ3v) is 3.59. The van der Waals surface area contributed by atoms with Crippen molar-refractivity contribution in [3.05, 3.63) is 35.5 Å². The zero-order chi connectivity index (χ0) is 11.0. The van der Waals surface area contributed by atoms with Crippen LogP contribution in [0.25, 0.3) is 10.9 Å². The van der Waals surface area contributed by atoms with Gasteiger partial charge in [-0.25, -0.2) is 0 Å². The van der Waals surface area contributed by atoms with Gasteiger partial charge in [-0.3, -0.25) is 0 Å². The SMILES string of the molecule is Cc1ccc2c(CC3CCNC3)c[nH]c2c1. The van der Waals surface area contributed by atoms with Gasteiger partial charge in [-0.2, -0.15) is 0 Å². The van der Waals surface area contributed by atoms with Crippen LogP contribution in [0.2, 0.25) is 0 Å². The summed E-state index contributed by atoms with van der Waals surface area (Å²) in [5.74, 6) is 0.820. The van der Waals surface area contributed by atoms with Crippen LogP contribution in [0.4, 0.5) is 0 Å². The molecular weight excluding hydrogens is 196 g/mol. The molecule has 1 aromatic carbocycles. The number of hydrogen-bond acceptors (Lipinski definition) is 1. The highest BCUT2D eigenvalue weighted by Crippen LogP contribution is 2.23. The van der Waals surface area contributed by atoms with Crippen molar-refractivity contribution >= 4 is 10.9 Å². The average molecular weight is 214 g/mol. The number of aromatic amines is 1. The maximum atomic E-state index is 3.43. The van der Waals surface area contributed by atoms with Crippen LogP contribution in [0.5, 0.6) is 0 Å². The number of nitrogens with one attached hydrogen (secondary N) is 2. The molecule has 2 N–H and O–H groups in total. The Kier molecular flexibility index (Phi) is 2.44. The number of H-pyrrole nitrogens is 1. The molecule has 0 aliphatic carbocycles. The van der Waals surface area contributed by atoms with Crippen LogP contribution < -0.4 is 5.32 Å². The topological polar surface area (TPSA) is 27.8 Å². The van der Waals surface area contributed by atoms with E-state index < -0.39 is 0 Å². The molecule has 0 spiro atoms. The highest BCUT2D eigenvalue weighted by Gasteiger charge is 2.16. The summed E-state index contributed by atoms with van der Waals surface area (Å²) in [6.45, 7) is 4.51. The van der Waals surface area contributed by atoms with Gasteiger partial charge in [0, 0.05) is 17.1 Å². The molecule has 1 aliphatic heterocycles. The fourth-order valence-corrected chi connectivity index (χ4v) is 2.67. The van der Waals surface area contributed by atoms with E-state index in [2.05, 4.69) is 41.6 Å². The lowest BCUT2D eigenvalue weighted by Crippen LogP contribution is -2.10. The first-order chi connectivity index (χ1) is 7.83. The average Bonchev–Trinajstić information content (AvgIpc) is 2.89. The van der Waals surface area contributed by atoms with Gasteiger partial charge in [0.15, 0.2) is 0 Å². The van der Waals surface area contributed by atoms with Gasteiger partial charge in [-0.05, 0) is 56.0 Å². The van der Waals surface area contributed by atoms with E-state index in [4.69, 9.17) is 0 Å². The monoisotopic (exact) mass is 214 g/mol. The Labute approximate surface area is 96.1 Å². The smallest absolute Gasteiger partial charge is 0.0459 e. The third kappa shape index (κ3) is 1.74. The van der Waals surface area contributed by atoms with Crippen LogP contribution in [0.3, 0.4) is 0 Å². The van der Waals surface area contributed by atoms with E-state index in [1.165, 1.54) is 48.0 Å². The molecule has 1 fully saturated rings. The van der Waals surface area contributed by atoms with Gasteiger partial charge in [0.2, 0.25) is 0 Å². The van der Waals surface area contributed by atoms with E-state index in [1.54, 1.807) is 0 Å². The van der Waals surface area contributed by atoms with Crippen molar-refractivity contribution in [2.24, 2.45) is 5.92 Å².